The maximum absolute atomic E-state index is 5.56. The molecule has 0 aliphatic carbocycles. The Bertz CT molecular complexity index is 521. The van der Waals surface area contributed by atoms with Crippen molar-refractivity contribution in [2.24, 2.45) is 0 Å². The quantitative estimate of drug-likeness (QED) is 0.932. The van der Waals surface area contributed by atoms with E-state index in [9.17, 15) is 0 Å². The summed E-state index contributed by atoms with van der Waals surface area (Å²) in [6.07, 6.45) is 0. The standard InChI is InChI=1S/C11H12N4OS.ClH/c1-7-3-5-8(6-4-7)17-11-14-9(12)13-10(15-11)16-2;/h3-6H,1-2H3,(H2,12,13,14,15);1H. The van der Waals surface area contributed by atoms with Crippen LogP contribution in [0.3, 0.4) is 0 Å². The van der Waals surface area contributed by atoms with Crippen LogP contribution in [0.15, 0.2) is 34.3 Å². The van der Waals surface area contributed by atoms with Crippen molar-refractivity contribution in [3.05, 3.63) is 29.8 Å². The number of nitrogens with zero attached hydrogens (tertiary/aromatic N) is 3. The van der Waals surface area contributed by atoms with Crippen LogP contribution in [0.2, 0.25) is 0 Å². The van der Waals surface area contributed by atoms with E-state index in [1.165, 1.54) is 24.4 Å². The molecule has 18 heavy (non-hydrogen) atoms. The van der Waals surface area contributed by atoms with Gasteiger partial charge in [-0.1, -0.05) is 17.7 Å². The molecule has 0 amide bonds. The van der Waals surface area contributed by atoms with E-state index in [2.05, 4.69) is 15.0 Å². The van der Waals surface area contributed by atoms with Crippen molar-refractivity contribution in [2.45, 2.75) is 17.0 Å². The number of hydrogen-bond donors (Lipinski definition) is 1. The first kappa shape index (κ1) is 14.5. The van der Waals surface area contributed by atoms with Gasteiger partial charge in [-0.2, -0.15) is 15.0 Å². The molecule has 2 rings (SSSR count). The van der Waals surface area contributed by atoms with Gasteiger partial charge < -0.3 is 10.5 Å². The Morgan fingerprint density at radius 2 is 1.78 bits per heavy atom. The number of rotatable bonds is 3. The number of benzene rings is 1. The Morgan fingerprint density at radius 3 is 2.39 bits per heavy atom. The third-order valence-electron chi connectivity index (χ3n) is 2.02. The fourth-order valence-corrected chi connectivity index (χ4v) is 1.95. The molecule has 0 radical (unpaired) electrons. The zero-order valence-electron chi connectivity index (χ0n) is 9.95. The molecule has 0 saturated carbocycles. The van der Waals surface area contributed by atoms with E-state index in [0.29, 0.717) is 5.16 Å². The third kappa shape index (κ3) is 3.75. The molecule has 0 spiro atoms. The Morgan fingerprint density at radius 1 is 1.11 bits per heavy atom. The van der Waals surface area contributed by atoms with Gasteiger partial charge in [0.25, 0.3) is 0 Å². The van der Waals surface area contributed by atoms with Gasteiger partial charge in [-0.15, -0.1) is 12.4 Å². The topological polar surface area (TPSA) is 73.9 Å². The fraction of sp³-hybridized carbons (Fsp3) is 0.182. The summed E-state index contributed by atoms with van der Waals surface area (Å²) in [5.41, 5.74) is 6.77. The van der Waals surface area contributed by atoms with E-state index in [1.807, 2.05) is 31.2 Å². The molecule has 0 bridgehead atoms. The number of aryl methyl sites for hydroxylation is 1. The summed E-state index contributed by atoms with van der Waals surface area (Å²) < 4.78 is 4.94. The van der Waals surface area contributed by atoms with E-state index in [4.69, 9.17) is 10.5 Å². The molecule has 0 aliphatic rings. The number of halogens is 1. The molecule has 5 nitrogen and oxygen atoms in total. The molecular formula is C11H13ClN4OS. The number of nitrogens with two attached hydrogens (primary N) is 1. The number of hydrogen-bond acceptors (Lipinski definition) is 6. The van der Waals surface area contributed by atoms with Gasteiger partial charge in [0.1, 0.15) is 0 Å². The molecule has 1 heterocycles. The first-order valence-electron chi connectivity index (χ1n) is 4.97. The molecule has 2 N–H and O–H groups in total. The molecule has 0 aliphatic heterocycles. The lowest BCUT2D eigenvalue weighted by Gasteiger charge is -2.03. The van der Waals surface area contributed by atoms with Crippen molar-refractivity contribution in [3.8, 4) is 6.01 Å². The largest absolute Gasteiger partial charge is 0.467 e. The lowest BCUT2D eigenvalue weighted by atomic mass is 10.2. The number of aromatic nitrogens is 3. The van der Waals surface area contributed by atoms with E-state index in [1.54, 1.807) is 0 Å². The zero-order chi connectivity index (χ0) is 12.3. The van der Waals surface area contributed by atoms with Crippen molar-refractivity contribution in [2.75, 3.05) is 12.8 Å². The van der Waals surface area contributed by atoms with Crippen LogP contribution in [0.1, 0.15) is 5.56 Å². The second kappa shape index (κ2) is 6.42. The highest BCUT2D eigenvalue weighted by Gasteiger charge is 2.06. The first-order chi connectivity index (χ1) is 8.17. The van der Waals surface area contributed by atoms with Crippen LogP contribution < -0.4 is 10.5 Å². The summed E-state index contributed by atoms with van der Waals surface area (Å²) in [6, 6.07) is 8.31. The Balaban J connectivity index is 0.00000162. The van der Waals surface area contributed by atoms with Crippen LogP contribution in [0.5, 0.6) is 6.01 Å². The summed E-state index contributed by atoms with van der Waals surface area (Å²) >= 11 is 1.42. The van der Waals surface area contributed by atoms with E-state index in [-0.39, 0.29) is 24.4 Å². The maximum atomic E-state index is 5.56. The molecule has 1 aromatic heterocycles. The van der Waals surface area contributed by atoms with Gasteiger partial charge >= 0.3 is 6.01 Å². The molecule has 0 unspecified atom stereocenters. The van der Waals surface area contributed by atoms with Crippen molar-refractivity contribution < 1.29 is 4.74 Å². The molecule has 0 fully saturated rings. The van der Waals surface area contributed by atoms with Gasteiger partial charge in [-0.25, -0.2) is 0 Å². The van der Waals surface area contributed by atoms with Crippen LogP contribution in [0.4, 0.5) is 5.95 Å². The first-order valence-corrected chi connectivity index (χ1v) is 5.79. The number of anilines is 1. The SMILES string of the molecule is COc1nc(N)nc(Sc2ccc(C)cc2)n1.Cl. The highest BCUT2D eigenvalue weighted by Crippen LogP contribution is 2.25. The van der Waals surface area contributed by atoms with Gasteiger partial charge in [-0.05, 0) is 30.8 Å². The number of methoxy groups -OCH3 is 1. The predicted molar refractivity (Wildman–Crippen MR) is 73.3 cm³/mol. The van der Waals surface area contributed by atoms with Gasteiger partial charge in [0.15, 0.2) is 0 Å². The second-order valence-corrected chi connectivity index (χ2v) is 4.42. The van der Waals surface area contributed by atoms with Crippen LogP contribution in [-0.4, -0.2) is 22.1 Å². The van der Waals surface area contributed by atoms with E-state index in [0.717, 1.165) is 4.90 Å². The highest BCUT2D eigenvalue weighted by molar-refractivity contribution is 7.99. The number of ether oxygens (including phenoxy) is 1. The average molecular weight is 285 g/mol. The van der Waals surface area contributed by atoms with Gasteiger partial charge in [0.2, 0.25) is 11.1 Å². The van der Waals surface area contributed by atoms with Crippen molar-refractivity contribution in [1.82, 2.24) is 15.0 Å². The van der Waals surface area contributed by atoms with Crippen LogP contribution >= 0.6 is 24.2 Å². The monoisotopic (exact) mass is 284 g/mol. The van der Waals surface area contributed by atoms with Gasteiger partial charge in [0.05, 0.1) is 7.11 Å². The van der Waals surface area contributed by atoms with E-state index >= 15 is 0 Å². The third-order valence-corrected chi connectivity index (χ3v) is 2.90. The Kier molecular flexibility index (Phi) is 5.18. The molecule has 96 valence electrons. The highest BCUT2D eigenvalue weighted by atomic mass is 35.5. The average Bonchev–Trinajstić information content (AvgIpc) is 2.31. The lowest BCUT2D eigenvalue weighted by Crippen LogP contribution is -2.01. The fourth-order valence-electron chi connectivity index (χ4n) is 1.20. The summed E-state index contributed by atoms with van der Waals surface area (Å²) in [5, 5.41) is 0.526. The Labute approximate surface area is 116 Å². The molecule has 0 saturated heterocycles. The Hall–Kier alpha value is -1.53. The minimum atomic E-state index is 0. The normalized spacial score (nSPS) is 9.67. The summed E-state index contributed by atoms with van der Waals surface area (Å²) in [7, 11) is 1.50. The molecule has 0 atom stereocenters. The number of nitrogen functional groups attached to an aromatic ring is 1. The summed E-state index contributed by atoms with van der Waals surface area (Å²) in [5.74, 6) is 0.159. The minimum Gasteiger partial charge on any atom is -0.467 e. The van der Waals surface area contributed by atoms with Gasteiger partial charge in [0, 0.05) is 4.90 Å². The minimum absolute atomic E-state index is 0. The van der Waals surface area contributed by atoms with Crippen molar-refractivity contribution in [1.29, 1.82) is 0 Å². The van der Waals surface area contributed by atoms with E-state index < -0.39 is 0 Å². The smallest absolute Gasteiger partial charge is 0.321 e. The van der Waals surface area contributed by atoms with Crippen molar-refractivity contribution >= 4 is 30.1 Å². The van der Waals surface area contributed by atoms with Crippen LogP contribution in [0, 0.1) is 6.92 Å². The summed E-state index contributed by atoms with van der Waals surface area (Å²) in [4.78, 5) is 13.0. The summed E-state index contributed by atoms with van der Waals surface area (Å²) in [6.45, 7) is 2.04. The van der Waals surface area contributed by atoms with Crippen LogP contribution in [-0.2, 0) is 0 Å². The zero-order valence-corrected chi connectivity index (χ0v) is 11.6. The predicted octanol–water partition coefficient (Wildman–Crippen LogP) is 2.34. The van der Waals surface area contributed by atoms with Crippen molar-refractivity contribution in [3.63, 3.8) is 0 Å². The molecular weight excluding hydrogens is 272 g/mol. The lowest BCUT2D eigenvalue weighted by molar-refractivity contribution is 0.374. The molecule has 1 aromatic carbocycles. The maximum Gasteiger partial charge on any atom is 0.321 e. The van der Waals surface area contributed by atoms with Crippen LogP contribution in [0.25, 0.3) is 0 Å². The second-order valence-electron chi connectivity index (χ2n) is 3.38. The van der Waals surface area contributed by atoms with Gasteiger partial charge in [-0.3, -0.25) is 0 Å². The molecule has 7 heteroatoms. The molecule has 2 aromatic rings.